The number of fused-ring (bicyclic) bond motifs is 1. The SMILES string of the molecule is CN=C(NCc1ccc2ccccc2c1)N1CCC(C(=O)N2CCOCC2)CC1.I. The minimum Gasteiger partial charge on any atom is -0.378 e. The first kappa shape index (κ1) is 22.8. The van der Waals surface area contributed by atoms with Crippen LogP contribution in [0.4, 0.5) is 0 Å². The first-order chi connectivity index (χ1) is 14.2. The fourth-order valence-corrected chi connectivity index (χ4v) is 4.24. The highest BCUT2D eigenvalue weighted by Crippen LogP contribution is 2.21. The monoisotopic (exact) mass is 522 g/mol. The third-order valence-corrected chi connectivity index (χ3v) is 5.94. The van der Waals surface area contributed by atoms with Crippen LogP contribution < -0.4 is 5.32 Å². The van der Waals surface area contributed by atoms with Crippen LogP contribution >= 0.6 is 24.0 Å². The summed E-state index contributed by atoms with van der Waals surface area (Å²) in [6.45, 7) is 5.24. The number of carbonyl (C=O) groups is 1. The maximum atomic E-state index is 12.7. The highest BCUT2D eigenvalue weighted by Gasteiger charge is 2.30. The van der Waals surface area contributed by atoms with E-state index in [-0.39, 0.29) is 29.9 Å². The number of nitrogens with one attached hydrogen (secondary N) is 1. The molecule has 0 atom stereocenters. The molecule has 0 aromatic heterocycles. The van der Waals surface area contributed by atoms with Crippen LogP contribution in [0.1, 0.15) is 18.4 Å². The Morgan fingerprint density at radius 2 is 1.73 bits per heavy atom. The fourth-order valence-electron chi connectivity index (χ4n) is 4.24. The largest absolute Gasteiger partial charge is 0.378 e. The van der Waals surface area contributed by atoms with Gasteiger partial charge in [-0.15, -0.1) is 24.0 Å². The third-order valence-electron chi connectivity index (χ3n) is 5.94. The number of morpholine rings is 1. The van der Waals surface area contributed by atoms with Crippen LogP contribution in [0.2, 0.25) is 0 Å². The van der Waals surface area contributed by atoms with Crippen LogP contribution in [0.15, 0.2) is 47.5 Å². The summed E-state index contributed by atoms with van der Waals surface area (Å²) in [4.78, 5) is 21.4. The molecule has 7 heteroatoms. The molecule has 0 radical (unpaired) electrons. The van der Waals surface area contributed by atoms with Crippen molar-refractivity contribution in [1.29, 1.82) is 0 Å². The Hall–Kier alpha value is -1.87. The Balaban J connectivity index is 0.00000256. The van der Waals surface area contributed by atoms with Gasteiger partial charge in [0.2, 0.25) is 5.91 Å². The van der Waals surface area contributed by atoms with Gasteiger partial charge in [-0.3, -0.25) is 9.79 Å². The normalized spacial score (nSPS) is 18.2. The van der Waals surface area contributed by atoms with Crippen molar-refractivity contribution >= 4 is 46.6 Å². The number of benzene rings is 2. The minimum absolute atomic E-state index is 0. The highest BCUT2D eigenvalue weighted by atomic mass is 127. The van der Waals surface area contributed by atoms with E-state index in [0.29, 0.717) is 19.1 Å². The Kier molecular flexibility index (Phi) is 8.32. The summed E-state index contributed by atoms with van der Waals surface area (Å²) in [5, 5.41) is 6.00. The summed E-state index contributed by atoms with van der Waals surface area (Å²) in [7, 11) is 1.83. The van der Waals surface area contributed by atoms with E-state index in [0.717, 1.165) is 51.5 Å². The summed E-state index contributed by atoms with van der Waals surface area (Å²) in [5.74, 6) is 1.34. The quantitative estimate of drug-likeness (QED) is 0.383. The molecule has 0 aliphatic carbocycles. The summed E-state index contributed by atoms with van der Waals surface area (Å²) in [6.07, 6.45) is 1.76. The average molecular weight is 522 g/mol. The molecule has 0 saturated carbocycles. The molecule has 1 amide bonds. The van der Waals surface area contributed by atoms with E-state index in [2.05, 4.69) is 57.7 Å². The Morgan fingerprint density at radius 1 is 1.03 bits per heavy atom. The van der Waals surface area contributed by atoms with E-state index >= 15 is 0 Å². The van der Waals surface area contributed by atoms with E-state index in [1.165, 1.54) is 16.3 Å². The molecule has 162 valence electrons. The minimum atomic E-state index is 0. The first-order valence-corrected chi connectivity index (χ1v) is 10.5. The van der Waals surface area contributed by atoms with Crippen molar-refractivity contribution in [3.8, 4) is 0 Å². The number of halogens is 1. The van der Waals surface area contributed by atoms with Crippen LogP contribution in [0.5, 0.6) is 0 Å². The molecule has 6 nitrogen and oxygen atoms in total. The van der Waals surface area contributed by atoms with E-state index in [1.807, 2.05) is 11.9 Å². The topological polar surface area (TPSA) is 57.2 Å². The van der Waals surface area contributed by atoms with Gasteiger partial charge in [-0.2, -0.15) is 0 Å². The molecule has 2 fully saturated rings. The third kappa shape index (κ3) is 5.43. The van der Waals surface area contributed by atoms with E-state index in [1.54, 1.807) is 0 Å². The summed E-state index contributed by atoms with van der Waals surface area (Å²) in [6, 6.07) is 15.0. The maximum absolute atomic E-state index is 12.7. The molecule has 1 N–H and O–H groups in total. The smallest absolute Gasteiger partial charge is 0.225 e. The average Bonchev–Trinajstić information content (AvgIpc) is 2.80. The molecule has 4 rings (SSSR count). The van der Waals surface area contributed by atoms with Crippen molar-refractivity contribution in [3.05, 3.63) is 48.0 Å². The van der Waals surface area contributed by atoms with Gasteiger partial charge < -0.3 is 19.9 Å². The molecule has 2 heterocycles. The van der Waals surface area contributed by atoms with Crippen molar-refractivity contribution in [2.24, 2.45) is 10.9 Å². The van der Waals surface area contributed by atoms with E-state index in [9.17, 15) is 4.79 Å². The summed E-state index contributed by atoms with van der Waals surface area (Å²) < 4.78 is 5.36. The lowest BCUT2D eigenvalue weighted by molar-refractivity contribution is -0.140. The van der Waals surface area contributed by atoms with Gasteiger partial charge in [0, 0.05) is 45.7 Å². The number of hydrogen-bond donors (Lipinski definition) is 1. The molecule has 2 aromatic carbocycles. The standard InChI is InChI=1S/C23H30N4O2.HI/c1-24-23(25-17-18-6-7-19-4-2-3-5-21(19)16-18)27-10-8-20(9-11-27)22(28)26-12-14-29-15-13-26;/h2-7,16,20H,8-15,17H2,1H3,(H,24,25);1H. The van der Waals surface area contributed by atoms with Gasteiger partial charge in [0.1, 0.15) is 0 Å². The van der Waals surface area contributed by atoms with Gasteiger partial charge in [-0.05, 0) is 35.2 Å². The zero-order valence-corrected chi connectivity index (χ0v) is 19.9. The number of carbonyl (C=O) groups excluding carboxylic acids is 1. The lowest BCUT2D eigenvalue weighted by atomic mass is 9.95. The van der Waals surface area contributed by atoms with Gasteiger partial charge in [0.05, 0.1) is 13.2 Å². The molecule has 0 spiro atoms. The fraction of sp³-hybridized carbons (Fsp3) is 0.478. The second kappa shape index (κ2) is 10.9. The molecular weight excluding hydrogens is 491 g/mol. The van der Waals surface area contributed by atoms with Gasteiger partial charge in [0.15, 0.2) is 5.96 Å². The number of likely N-dealkylation sites (tertiary alicyclic amines) is 1. The number of ether oxygens (including phenoxy) is 1. The van der Waals surface area contributed by atoms with Crippen LogP contribution in [-0.2, 0) is 16.1 Å². The van der Waals surface area contributed by atoms with Gasteiger partial charge in [-0.25, -0.2) is 0 Å². The van der Waals surface area contributed by atoms with Crippen LogP contribution in [0.25, 0.3) is 10.8 Å². The zero-order chi connectivity index (χ0) is 20.1. The van der Waals surface area contributed by atoms with Crippen LogP contribution in [0, 0.1) is 5.92 Å². The van der Waals surface area contributed by atoms with Crippen LogP contribution in [-0.4, -0.2) is 68.1 Å². The highest BCUT2D eigenvalue weighted by molar-refractivity contribution is 14.0. The number of hydrogen-bond acceptors (Lipinski definition) is 3. The van der Waals surface area contributed by atoms with Gasteiger partial charge in [0.25, 0.3) is 0 Å². The molecular formula is C23H31IN4O2. The lowest BCUT2D eigenvalue weighted by Gasteiger charge is -2.36. The lowest BCUT2D eigenvalue weighted by Crippen LogP contribution is -2.49. The predicted octanol–water partition coefficient (Wildman–Crippen LogP) is 3.10. The van der Waals surface area contributed by atoms with Gasteiger partial charge >= 0.3 is 0 Å². The number of guanidine groups is 1. The predicted molar refractivity (Wildman–Crippen MR) is 131 cm³/mol. The summed E-state index contributed by atoms with van der Waals surface area (Å²) >= 11 is 0. The van der Waals surface area contributed by atoms with E-state index < -0.39 is 0 Å². The molecule has 2 aliphatic heterocycles. The Bertz CT molecular complexity index is 874. The molecule has 2 aromatic rings. The number of amides is 1. The molecule has 2 saturated heterocycles. The molecule has 30 heavy (non-hydrogen) atoms. The van der Waals surface area contributed by atoms with Crippen LogP contribution in [0.3, 0.4) is 0 Å². The van der Waals surface area contributed by atoms with Crippen molar-refractivity contribution in [3.63, 3.8) is 0 Å². The maximum Gasteiger partial charge on any atom is 0.225 e. The van der Waals surface area contributed by atoms with E-state index in [4.69, 9.17) is 4.74 Å². The second-order valence-electron chi connectivity index (χ2n) is 7.78. The zero-order valence-electron chi connectivity index (χ0n) is 17.5. The first-order valence-electron chi connectivity index (χ1n) is 10.5. The summed E-state index contributed by atoms with van der Waals surface area (Å²) in [5.41, 5.74) is 1.24. The Labute approximate surface area is 195 Å². The second-order valence-corrected chi connectivity index (χ2v) is 7.78. The molecule has 2 aliphatic rings. The van der Waals surface area contributed by atoms with Crippen molar-refractivity contribution in [2.45, 2.75) is 19.4 Å². The van der Waals surface area contributed by atoms with Gasteiger partial charge in [-0.1, -0.05) is 36.4 Å². The Morgan fingerprint density at radius 3 is 2.43 bits per heavy atom. The molecule has 0 unspecified atom stereocenters. The number of rotatable bonds is 3. The van der Waals surface area contributed by atoms with Crippen molar-refractivity contribution < 1.29 is 9.53 Å². The number of aliphatic imine (C=N–C) groups is 1. The number of nitrogens with zero attached hydrogens (tertiary/aromatic N) is 3. The molecule has 0 bridgehead atoms. The van der Waals surface area contributed by atoms with Crippen molar-refractivity contribution in [2.75, 3.05) is 46.4 Å². The number of piperidine rings is 1. The van der Waals surface area contributed by atoms with Crippen molar-refractivity contribution in [1.82, 2.24) is 15.1 Å².